The molecule has 1 aromatic carbocycles. The number of benzene rings is 1. The SMILES string of the molecule is CN1C(=O)[C@]2(c3ccccc31)N(C)C[C@@H](c1ccccn1)[C@]21SC(=S)N(Cc2ccco2)C1=O. The summed E-state index contributed by atoms with van der Waals surface area (Å²) in [5.74, 6) is -0.0202. The molecule has 3 aliphatic rings. The lowest BCUT2D eigenvalue weighted by Crippen LogP contribution is -2.62. The zero-order valence-corrected chi connectivity index (χ0v) is 20.3. The molecule has 2 aromatic heterocycles. The van der Waals surface area contributed by atoms with Crippen molar-refractivity contribution >= 4 is 45.8 Å². The lowest BCUT2D eigenvalue weighted by atomic mass is 9.73. The van der Waals surface area contributed by atoms with E-state index >= 15 is 0 Å². The molecule has 0 aliphatic carbocycles. The number of thioether (sulfide) groups is 1. The van der Waals surface area contributed by atoms with Crippen LogP contribution in [0.25, 0.3) is 0 Å². The van der Waals surface area contributed by atoms with E-state index in [1.165, 1.54) is 11.8 Å². The number of rotatable bonds is 3. The highest BCUT2D eigenvalue weighted by atomic mass is 32.2. The van der Waals surface area contributed by atoms with Crippen molar-refractivity contribution in [1.82, 2.24) is 14.8 Å². The Morgan fingerprint density at radius 3 is 2.62 bits per heavy atom. The fourth-order valence-corrected chi connectivity index (χ4v) is 8.00. The topological polar surface area (TPSA) is 69.9 Å². The molecular formula is C25H22N4O3S2. The maximum atomic E-state index is 14.6. The van der Waals surface area contributed by atoms with Crippen molar-refractivity contribution in [3.8, 4) is 0 Å². The Labute approximate surface area is 206 Å². The van der Waals surface area contributed by atoms with Gasteiger partial charge < -0.3 is 9.32 Å². The molecule has 9 heteroatoms. The van der Waals surface area contributed by atoms with Gasteiger partial charge in [-0.2, -0.15) is 0 Å². The van der Waals surface area contributed by atoms with Gasteiger partial charge in [0.2, 0.25) is 5.91 Å². The zero-order valence-electron chi connectivity index (χ0n) is 18.7. The van der Waals surface area contributed by atoms with E-state index in [2.05, 4.69) is 4.98 Å². The third-order valence-electron chi connectivity index (χ3n) is 7.30. The van der Waals surface area contributed by atoms with Crippen LogP contribution < -0.4 is 4.90 Å². The van der Waals surface area contributed by atoms with E-state index in [1.807, 2.05) is 60.5 Å². The zero-order chi connectivity index (χ0) is 23.7. The molecule has 2 amide bonds. The molecule has 2 saturated heterocycles. The van der Waals surface area contributed by atoms with Crippen molar-refractivity contribution in [3.63, 3.8) is 0 Å². The van der Waals surface area contributed by atoms with E-state index in [1.54, 1.807) is 35.4 Å². The number of pyridine rings is 1. The summed E-state index contributed by atoms with van der Waals surface area (Å²) in [4.78, 5) is 38.7. The summed E-state index contributed by atoms with van der Waals surface area (Å²) >= 11 is 7.11. The number of likely N-dealkylation sites (N-methyl/N-ethyl adjacent to an activating group) is 2. The molecule has 2 fully saturated rings. The number of aromatic nitrogens is 1. The number of thiocarbonyl (C=S) groups is 1. The number of para-hydroxylation sites is 1. The number of hydrogen-bond acceptors (Lipinski definition) is 7. The van der Waals surface area contributed by atoms with Crippen molar-refractivity contribution in [2.75, 3.05) is 25.5 Å². The molecule has 0 bridgehead atoms. The number of hydrogen-bond donors (Lipinski definition) is 0. The predicted octanol–water partition coefficient (Wildman–Crippen LogP) is 3.37. The van der Waals surface area contributed by atoms with Crippen LogP contribution in [0.3, 0.4) is 0 Å². The molecule has 5 heterocycles. The Morgan fingerprint density at radius 2 is 1.88 bits per heavy atom. The molecule has 3 aliphatic heterocycles. The summed E-state index contributed by atoms with van der Waals surface area (Å²) in [6, 6.07) is 17.0. The molecule has 7 nitrogen and oxygen atoms in total. The normalized spacial score (nSPS) is 28.6. The average molecular weight is 491 g/mol. The number of fused-ring (bicyclic) bond motifs is 3. The first-order valence-electron chi connectivity index (χ1n) is 11.0. The molecule has 0 radical (unpaired) electrons. The first-order chi connectivity index (χ1) is 16.4. The fourth-order valence-electron chi connectivity index (χ4n) is 5.89. The smallest absolute Gasteiger partial charge is 0.254 e. The van der Waals surface area contributed by atoms with Gasteiger partial charge >= 0.3 is 0 Å². The lowest BCUT2D eigenvalue weighted by Gasteiger charge is -2.42. The van der Waals surface area contributed by atoms with Gasteiger partial charge in [-0.3, -0.25) is 24.4 Å². The van der Waals surface area contributed by atoms with Crippen LogP contribution in [0, 0.1) is 0 Å². The van der Waals surface area contributed by atoms with Crippen LogP contribution in [0.5, 0.6) is 0 Å². The minimum Gasteiger partial charge on any atom is -0.467 e. The standard InChI is InChI=1S/C25H22N4O3S2/c1-27-15-18(19-10-5-6-12-26-19)25(22(31)29(23(33)34-25)14-16-8-7-13-32-16)24(27)17-9-3-4-11-20(17)28(2)21(24)30/h3-13,18H,14-15H2,1-2H3/t18-,24-,25+/m0/s1. The average Bonchev–Trinajstić information content (AvgIpc) is 3.57. The van der Waals surface area contributed by atoms with Gasteiger partial charge in [0.25, 0.3) is 5.91 Å². The maximum absolute atomic E-state index is 14.6. The van der Waals surface area contributed by atoms with Crippen LogP contribution >= 0.6 is 24.0 Å². The number of nitrogens with zero attached hydrogens (tertiary/aromatic N) is 4. The van der Waals surface area contributed by atoms with Crippen molar-refractivity contribution in [2.24, 2.45) is 0 Å². The van der Waals surface area contributed by atoms with E-state index in [-0.39, 0.29) is 24.3 Å². The first kappa shape index (κ1) is 21.5. The van der Waals surface area contributed by atoms with Gasteiger partial charge in [-0.25, -0.2) is 0 Å². The second kappa shape index (κ2) is 7.49. The number of amides is 2. The second-order valence-electron chi connectivity index (χ2n) is 8.85. The van der Waals surface area contributed by atoms with E-state index in [0.29, 0.717) is 16.6 Å². The van der Waals surface area contributed by atoms with Crippen molar-refractivity contribution in [3.05, 3.63) is 84.1 Å². The van der Waals surface area contributed by atoms with E-state index in [9.17, 15) is 9.59 Å². The quantitative estimate of drug-likeness (QED) is 0.522. The third kappa shape index (κ3) is 2.52. The number of anilines is 1. The predicted molar refractivity (Wildman–Crippen MR) is 133 cm³/mol. The highest BCUT2D eigenvalue weighted by Gasteiger charge is 2.78. The summed E-state index contributed by atoms with van der Waals surface area (Å²) in [5.41, 5.74) is 1.19. The summed E-state index contributed by atoms with van der Waals surface area (Å²) in [7, 11) is 3.69. The van der Waals surface area contributed by atoms with E-state index < -0.39 is 10.3 Å². The van der Waals surface area contributed by atoms with Crippen LogP contribution in [0.15, 0.2) is 71.5 Å². The van der Waals surface area contributed by atoms with Crippen molar-refractivity contribution in [2.45, 2.75) is 22.7 Å². The monoisotopic (exact) mass is 490 g/mol. The van der Waals surface area contributed by atoms with Gasteiger partial charge in [-0.05, 0) is 37.4 Å². The van der Waals surface area contributed by atoms with Gasteiger partial charge in [0.1, 0.15) is 14.8 Å². The lowest BCUT2D eigenvalue weighted by molar-refractivity contribution is -0.139. The molecular weight excluding hydrogens is 468 g/mol. The maximum Gasteiger partial charge on any atom is 0.254 e. The minimum atomic E-state index is -1.22. The van der Waals surface area contributed by atoms with E-state index in [4.69, 9.17) is 16.6 Å². The molecule has 0 saturated carbocycles. The molecule has 172 valence electrons. The van der Waals surface area contributed by atoms with Crippen molar-refractivity contribution in [1.29, 1.82) is 0 Å². The third-order valence-corrected chi connectivity index (χ3v) is 9.24. The van der Waals surface area contributed by atoms with Crippen LogP contribution in [0.2, 0.25) is 0 Å². The Balaban J connectivity index is 1.61. The highest BCUT2D eigenvalue weighted by Crippen LogP contribution is 2.66. The summed E-state index contributed by atoms with van der Waals surface area (Å²) in [6.45, 7) is 0.709. The molecule has 3 aromatic rings. The Morgan fingerprint density at radius 1 is 1.09 bits per heavy atom. The number of furan rings is 1. The van der Waals surface area contributed by atoms with Crippen LogP contribution in [-0.4, -0.2) is 56.3 Å². The Kier molecular flexibility index (Phi) is 4.74. The van der Waals surface area contributed by atoms with Crippen LogP contribution in [0.1, 0.15) is 22.9 Å². The first-order valence-corrected chi connectivity index (χ1v) is 12.2. The highest BCUT2D eigenvalue weighted by molar-refractivity contribution is 8.25. The second-order valence-corrected chi connectivity index (χ2v) is 10.7. The molecule has 0 N–H and O–H groups in total. The molecule has 6 rings (SSSR count). The summed E-state index contributed by atoms with van der Waals surface area (Å²) in [5, 5.41) is 0. The number of likely N-dealkylation sites (tertiary alicyclic amines) is 1. The van der Waals surface area contributed by atoms with Gasteiger partial charge in [0.05, 0.1) is 12.8 Å². The number of carbonyl (C=O) groups is 2. The Bertz CT molecular complexity index is 1310. The largest absolute Gasteiger partial charge is 0.467 e. The minimum absolute atomic E-state index is 0.127. The molecule has 2 spiro atoms. The van der Waals surface area contributed by atoms with Gasteiger partial charge in [0, 0.05) is 42.7 Å². The van der Waals surface area contributed by atoms with Crippen LogP contribution in [0.4, 0.5) is 5.69 Å². The number of carbonyl (C=O) groups excluding carboxylic acids is 2. The van der Waals surface area contributed by atoms with Gasteiger partial charge in [-0.1, -0.05) is 48.2 Å². The van der Waals surface area contributed by atoms with Gasteiger partial charge in [0.15, 0.2) is 5.54 Å². The van der Waals surface area contributed by atoms with Gasteiger partial charge in [-0.15, -0.1) is 0 Å². The molecule has 3 atom stereocenters. The molecule has 0 unspecified atom stereocenters. The van der Waals surface area contributed by atoms with Crippen molar-refractivity contribution < 1.29 is 14.0 Å². The summed E-state index contributed by atoms with van der Waals surface area (Å²) < 4.78 is 4.76. The fraction of sp³-hybridized carbons (Fsp3) is 0.280. The summed E-state index contributed by atoms with van der Waals surface area (Å²) in [6.07, 6.45) is 3.31. The Hall–Kier alpha value is -3.01. The molecule has 34 heavy (non-hydrogen) atoms. The van der Waals surface area contributed by atoms with E-state index in [0.717, 1.165) is 16.9 Å². The van der Waals surface area contributed by atoms with Crippen LogP contribution in [-0.2, 0) is 21.7 Å².